The second kappa shape index (κ2) is 11.2. The van der Waals surface area contributed by atoms with Gasteiger partial charge in [0.1, 0.15) is 6.61 Å². The largest absolute Gasteiger partial charge is 0.462 e. The van der Waals surface area contributed by atoms with E-state index in [2.05, 4.69) is 5.32 Å². The maximum Gasteiger partial charge on any atom is 0.362 e. The van der Waals surface area contributed by atoms with Crippen LogP contribution in [0.1, 0.15) is 66.9 Å². The van der Waals surface area contributed by atoms with Crippen LogP contribution in [0.25, 0.3) is 0 Å². The number of hydrogen-bond donors (Lipinski definition) is 1. The molecule has 7 heteroatoms. The molecule has 0 atom stereocenters. The van der Waals surface area contributed by atoms with Gasteiger partial charge in [0, 0.05) is 12.8 Å². The number of rotatable bonds is 9. The van der Waals surface area contributed by atoms with E-state index in [0.29, 0.717) is 28.6 Å². The molecule has 1 N–H and O–H groups in total. The van der Waals surface area contributed by atoms with Gasteiger partial charge in [-0.1, -0.05) is 42.5 Å². The van der Waals surface area contributed by atoms with E-state index < -0.39 is 11.5 Å². The lowest BCUT2D eigenvalue weighted by molar-refractivity contribution is -0.970. The summed E-state index contributed by atoms with van der Waals surface area (Å²) in [5.41, 5.74) is 1.88. The zero-order valence-corrected chi connectivity index (χ0v) is 21.4. The summed E-state index contributed by atoms with van der Waals surface area (Å²) in [5.74, 6) is -0.847. The smallest absolute Gasteiger partial charge is 0.362 e. The number of quaternary nitrogens is 1. The summed E-state index contributed by atoms with van der Waals surface area (Å²) in [7, 11) is 0. The van der Waals surface area contributed by atoms with Gasteiger partial charge < -0.3 is 19.3 Å². The van der Waals surface area contributed by atoms with E-state index in [9.17, 15) is 14.4 Å². The summed E-state index contributed by atoms with van der Waals surface area (Å²) in [4.78, 5) is 39.7. The molecule has 1 amide bonds. The summed E-state index contributed by atoms with van der Waals surface area (Å²) in [5, 5.41) is 3.11. The molecule has 1 aliphatic carbocycles. The second-order valence-electron chi connectivity index (χ2n) is 10.0. The first-order valence-corrected chi connectivity index (χ1v) is 13.0. The minimum Gasteiger partial charge on any atom is -0.462 e. The number of benzene rings is 2. The van der Waals surface area contributed by atoms with Crippen LogP contribution in [0.4, 0.5) is 5.69 Å². The summed E-state index contributed by atoms with van der Waals surface area (Å²) in [6.45, 7) is 5.84. The molecule has 1 saturated carbocycles. The van der Waals surface area contributed by atoms with Crippen LogP contribution in [0.5, 0.6) is 0 Å². The lowest BCUT2D eigenvalue weighted by atomic mass is 9.71. The van der Waals surface area contributed by atoms with Gasteiger partial charge in [-0.3, -0.25) is 4.79 Å². The molecule has 4 rings (SSSR count). The minimum atomic E-state index is -0.708. The molecule has 1 aliphatic heterocycles. The third kappa shape index (κ3) is 5.16. The molecule has 0 bridgehead atoms. The maximum atomic E-state index is 14.0. The lowest BCUT2D eigenvalue weighted by Crippen LogP contribution is -2.74. The number of hydrogen-bond acceptors (Lipinski definition) is 5. The number of carbonyl (C=O) groups excluding carboxylic acids is 3. The first-order valence-electron chi connectivity index (χ1n) is 13.0. The molecule has 2 fully saturated rings. The van der Waals surface area contributed by atoms with Crippen molar-refractivity contribution in [3.8, 4) is 0 Å². The molecule has 192 valence electrons. The highest BCUT2D eigenvalue weighted by Gasteiger charge is 2.61. The van der Waals surface area contributed by atoms with Crippen molar-refractivity contribution in [1.29, 1.82) is 0 Å². The topological polar surface area (TPSA) is 81.7 Å². The van der Waals surface area contributed by atoms with Crippen molar-refractivity contribution < 1.29 is 28.3 Å². The summed E-state index contributed by atoms with van der Waals surface area (Å²) in [6, 6.07) is 15.0. The molecule has 2 aromatic rings. The number of likely N-dealkylation sites (tertiary alicyclic amines) is 1. The standard InChI is InChI=1S/C29H36N2O5/c1-3-35-27(33)24-15-10-12-22(2)26(24)30-28(34)29(16-11-17-29)31(18-8-5-9-19-31)20-25(32)36-21-23-13-6-4-7-14-23/h4,6-7,10,12-15H,3,5,8-9,11,16-21H2,1-2H3/p+1. The van der Waals surface area contributed by atoms with Crippen LogP contribution in [-0.2, 0) is 25.7 Å². The van der Waals surface area contributed by atoms with E-state index >= 15 is 0 Å². The maximum absolute atomic E-state index is 14.0. The third-order valence-corrected chi connectivity index (χ3v) is 7.86. The minimum absolute atomic E-state index is 0.119. The number of carbonyl (C=O) groups is 3. The fourth-order valence-corrected chi connectivity index (χ4v) is 5.76. The van der Waals surface area contributed by atoms with Gasteiger partial charge in [-0.15, -0.1) is 0 Å². The highest BCUT2D eigenvalue weighted by Crippen LogP contribution is 2.46. The molecule has 36 heavy (non-hydrogen) atoms. The molecule has 2 aliphatic rings. The fraction of sp³-hybridized carbons (Fsp3) is 0.483. The average molecular weight is 494 g/mol. The van der Waals surface area contributed by atoms with Gasteiger partial charge in [0.15, 0.2) is 12.1 Å². The van der Waals surface area contributed by atoms with Crippen LogP contribution < -0.4 is 5.32 Å². The van der Waals surface area contributed by atoms with Gasteiger partial charge in [0.05, 0.1) is 30.9 Å². The Morgan fingerprint density at radius 2 is 1.64 bits per heavy atom. The Morgan fingerprint density at radius 1 is 0.917 bits per heavy atom. The first kappa shape index (κ1) is 25.9. The highest BCUT2D eigenvalue weighted by molar-refractivity contribution is 6.05. The molecule has 1 saturated heterocycles. The van der Waals surface area contributed by atoms with Crippen LogP contribution in [0.15, 0.2) is 48.5 Å². The van der Waals surface area contributed by atoms with Crippen molar-refractivity contribution in [1.82, 2.24) is 0 Å². The van der Waals surface area contributed by atoms with Crippen molar-refractivity contribution >= 4 is 23.5 Å². The van der Waals surface area contributed by atoms with E-state index in [1.54, 1.807) is 19.1 Å². The molecular weight excluding hydrogens is 456 g/mol. The molecule has 0 spiro atoms. The van der Waals surface area contributed by atoms with Gasteiger partial charge in [-0.05, 0) is 56.7 Å². The summed E-state index contributed by atoms with van der Waals surface area (Å²) < 4.78 is 11.3. The van der Waals surface area contributed by atoms with Crippen molar-refractivity contribution in [3.05, 3.63) is 65.2 Å². The molecule has 2 aromatic carbocycles. The van der Waals surface area contributed by atoms with Crippen LogP contribution >= 0.6 is 0 Å². The molecule has 0 unspecified atom stereocenters. The van der Waals surface area contributed by atoms with Crippen molar-refractivity contribution in [2.75, 3.05) is 31.6 Å². The molecular formula is C29H37N2O5+. The Bertz CT molecular complexity index is 1090. The average Bonchev–Trinajstić information content (AvgIpc) is 2.84. The van der Waals surface area contributed by atoms with Crippen LogP contribution in [0, 0.1) is 6.92 Å². The summed E-state index contributed by atoms with van der Waals surface area (Å²) in [6.07, 6.45) is 5.41. The van der Waals surface area contributed by atoms with Crippen LogP contribution in [0.2, 0.25) is 0 Å². The number of amides is 1. The Balaban J connectivity index is 1.57. The first-order chi connectivity index (χ1) is 17.4. The molecule has 0 aromatic heterocycles. The van der Waals surface area contributed by atoms with Crippen molar-refractivity contribution in [3.63, 3.8) is 0 Å². The van der Waals surface area contributed by atoms with Gasteiger partial charge in [-0.2, -0.15) is 0 Å². The number of anilines is 1. The van der Waals surface area contributed by atoms with E-state index in [4.69, 9.17) is 9.47 Å². The normalized spacial score (nSPS) is 17.9. The van der Waals surface area contributed by atoms with Crippen molar-refractivity contribution in [2.45, 2.75) is 64.5 Å². The second-order valence-corrected chi connectivity index (χ2v) is 10.0. The van der Waals surface area contributed by atoms with E-state index in [0.717, 1.165) is 49.9 Å². The molecule has 7 nitrogen and oxygen atoms in total. The van der Waals surface area contributed by atoms with E-state index in [1.165, 1.54) is 0 Å². The predicted octanol–water partition coefficient (Wildman–Crippen LogP) is 4.78. The zero-order chi connectivity index (χ0) is 25.6. The zero-order valence-electron chi connectivity index (χ0n) is 21.4. The molecule has 1 heterocycles. The van der Waals surface area contributed by atoms with Gasteiger partial charge in [0.2, 0.25) is 0 Å². The Hall–Kier alpha value is -3.19. The monoisotopic (exact) mass is 493 g/mol. The van der Waals surface area contributed by atoms with Crippen LogP contribution in [-0.4, -0.2) is 54.1 Å². The lowest BCUT2D eigenvalue weighted by Gasteiger charge is -2.57. The fourth-order valence-electron chi connectivity index (χ4n) is 5.76. The number of aryl methyl sites for hydroxylation is 1. The summed E-state index contributed by atoms with van der Waals surface area (Å²) >= 11 is 0. The van der Waals surface area contributed by atoms with E-state index in [1.807, 2.05) is 43.3 Å². The van der Waals surface area contributed by atoms with E-state index in [-0.39, 0.29) is 31.6 Å². The quantitative estimate of drug-likeness (QED) is 0.402. The van der Waals surface area contributed by atoms with Gasteiger partial charge >= 0.3 is 11.9 Å². The number of esters is 2. The number of nitrogens with zero attached hydrogens (tertiary/aromatic N) is 1. The number of ether oxygens (including phenoxy) is 2. The van der Waals surface area contributed by atoms with Crippen molar-refractivity contribution in [2.24, 2.45) is 0 Å². The van der Waals surface area contributed by atoms with Crippen LogP contribution in [0.3, 0.4) is 0 Å². The SMILES string of the molecule is CCOC(=O)c1cccc(C)c1NC(=O)C1([N+]2(CC(=O)OCc3ccccc3)CCCCC2)CCC1. The Kier molecular flexibility index (Phi) is 8.09. The number of nitrogens with one attached hydrogen (secondary N) is 1. The molecule has 0 radical (unpaired) electrons. The number of para-hydroxylation sites is 1. The Labute approximate surface area is 213 Å². The predicted molar refractivity (Wildman–Crippen MR) is 137 cm³/mol. The Morgan fingerprint density at radius 3 is 2.28 bits per heavy atom. The van der Waals surface area contributed by atoms with Gasteiger partial charge in [-0.25, -0.2) is 9.59 Å². The third-order valence-electron chi connectivity index (χ3n) is 7.86. The highest BCUT2D eigenvalue weighted by atomic mass is 16.5. The van der Waals surface area contributed by atoms with Gasteiger partial charge in [0.25, 0.3) is 5.91 Å². The number of piperidine rings is 1.